The molecule has 0 aliphatic heterocycles. The first-order chi connectivity index (χ1) is 11.1. The van der Waals surface area contributed by atoms with Crippen LogP contribution in [0.2, 0.25) is 10.0 Å². The van der Waals surface area contributed by atoms with Gasteiger partial charge in [-0.1, -0.05) is 29.3 Å². The molecule has 1 N–H and O–H groups in total. The lowest BCUT2D eigenvalue weighted by molar-refractivity contribution is 0.102. The number of carbonyl (C=O) groups is 1. The van der Waals surface area contributed by atoms with Crippen LogP contribution in [0.1, 0.15) is 16.1 Å². The van der Waals surface area contributed by atoms with Crippen LogP contribution in [-0.2, 0) is 6.42 Å². The molecule has 2 heterocycles. The Morgan fingerprint density at radius 3 is 2.70 bits per heavy atom. The smallest absolute Gasteiger partial charge is 0.258 e. The first-order valence-corrected chi connectivity index (χ1v) is 7.44. The molecule has 3 rings (SSSR count). The van der Waals surface area contributed by atoms with Crippen LogP contribution in [0.3, 0.4) is 0 Å². The quantitative estimate of drug-likeness (QED) is 0.781. The Balaban J connectivity index is 1.99. The van der Waals surface area contributed by atoms with Gasteiger partial charge in [-0.2, -0.15) is 5.26 Å². The summed E-state index contributed by atoms with van der Waals surface area (Å²) in [6.07, 6.45) is 3.62. The summed E-state index contributed by atoms with van der Waals surface area (Å²) in [5.41, 5.74) is 2.02. The Kier molecular flexibility index (Phi) is 4.20. The fourth-order valence-electron chi connectivity index (χ4n) is 2.27. The van der Waals surface area contributed by atoms with E-state index < -0.39 is 5.91 Å². The minimum Gasteiger partial charge on any atom is -0.319 e. The van der Waals surface area contributed by atoms with Crippen LogP contribution in [0.25, 0.3) is 5.65 Å². The van der Waals surface area contributed by atoms with E-state index in [2.05, 4.69) is 16.4 Å². The highest BCUT2D eigenvalue weighted by atomic mass is 35.5. The van der Waals surface area contributed by atoms with E-state index in [0.717, 1.165) is 5.69 Å². The molecule has 0 aliphatic rings. The Morgan fingerprint density at radius 2 is 2.00 bits per heavy atom. The van der Waals surface area contributed by atoms with Crippen molar-refractivity contribution < 1.29 is 4.79 Å². The number of nitrogens with zero attached hydrogens (tertiary/aromatic N) is 3. The number of fused-ring (bicyclic) bond motifs is 1. The Hall–Kier alpha value is -2.55. The second kappa shape index (κ2) is 6.29. The molecule has 2 aromatic heterocycles. The van der Waals surface area contributed by atoms with Gasteiger partial charge in [0, 0.05) is 6.20 Å². The molecule has 0 bridgehead atoms. The molecule has 3 aromatic rings. The molecule has 7 heteroatoms. The average molecular weight is 345 g/mol. The number of nitriles is 1. The van der Waals surface area contributed by atoms with Crippen molar-refractivity contribution in [2.24, 2.45) is 0 Å². The maximum Gasteiger partial charge on any atom is 0.258 e. The topological polar surface area (TPSA) is 70.2 Å². The number of nitrogens with one attached hydrogen (secondary N) is 1. The molecule has 5 nitrogen and oxygen atoms in total. The summed E-state index contributed by atoms with van der Waals surface area (Å²) in [7, 11) is 0. The van der Waals surface area contributed by atoms with E-state index in [4.69, 9.17) is 28.5 Å². The summed E-state index contributed by atoms with van der Waals surface area (Å²) in [6, 6.07) is 10.4. The van der Waals surface area contributed by atoms with Crippen LogP contribution in [0, 0.1) is 11.3 Å². The highest BCUT2D eigenvalue weighted by Gasteiger charge is 2.16. The van der Waals surface area contributed by atoms with Crippen LogP contribution in [0.15, 0.2) is 42.7 Å². The molecule has 0 atom stereocenters. The molecule has 1 amide bonds. The number of benzene rings is 1. The average Bonchev–Trinajstić information content (AvgIpc) is 2.92. The van der Waals surface area contributed by atoms with Gasteiger partial charge in [0.15, 0.2) is 5.65 Å². The molecule has 23 heavy (non-hydrogen) atoms. The molecular weight excluding hydrogens is 335 g/mol. The number of imidazole rings is 1. The van der Waals surface area contributed by atoms with E-state index in [0.29, 0.717) is 11.3 Å². The van der Waals surface area contributed by atoms with Crippen molar-refractivity contribution >= 4 is 40.4 Å². The van der Waals surface area contributed by atoms with E-state index >= 15 is 0 Å². The predicted octanol–water partition coefficient (Wildman–Crippen LogP) is 3.96. The lowest BCUT2D eigenvalue weighted by Crippen LogP contribution is -2.14. The van der Waals surface area contributed by atoms with Gasteiger partial charge in [0.05, 0.1) is 45.7 Å². The van der Waals surface area contributed by atoms with Crippen LogP contribution in [0.5, 0.6) is 0 Å². The molecule has 0 saturated carbocycles. The fourth-order valence-corrected chi connectivity index (χ4v) is 2.84. The maximum atomic E-state index is 12.5. The van der Waals surface area contributed by atoms with Crippen LogP contribution in [0.4, 0.5) is 5.69 Å². The summed E-state index contributed by atoms with van der Waals surface area (Å²) in [5, 5.41) is 12.1. The van der Waals surface area contributed by atoms with Gasteiger partial charge in [-0.05, 0) is 24.3 Å². The van der Waals surface area contributed by atoms with Crippen molar-refractivity contribution in [1.29, 1.82) is 5.26 Å². The van der Waals surface area contributed by atoms with E-state index in [1.807, 2.05) is 0 Å². The van der Waals surface area contributed by atoms with Gasteiger partial charge in [-0.3, -0.25) is 4.79 Å². The van der Waals surface area contributed by atoms with Crippen LogP contribution >= 0.6 is 23.2 Å². The van der Waals surface area contributed by atoms with E-state index in [-0.39, 0.29) is 22.0 Å². The number of amides is 1. The van der Waals surface area contributed by atoms with Crippen molar-refractivity contribution in [3.05, 3.63) is 64.0 Å². The van der Waals surface area contributed by atoms with E-state index in [9.17, 15) is 4.79 Å². The number of hydrogen-bond acceptors (Lipinski definition) is 3. The molecule has 1 aromatic carbocycles. The van der Waals surface area contributed by atoms with Crippen LogP contribution in [-0.4, -0.2) is 15.3 Å². The number of rotatable bonds is 3. The highest BCUT2D eigenvalue weighted by molar-refractivity contribution is 6.40. The van der Waals surface area contributed by atoms with Crippen molar-refractivity contribution in [2.45, 2.75) is 6.42 Å². The number of aromatic nitrogens is 2. The second-order valence-electron chi connectivity index (χ2n) is 4.75. The lowest BCUT2D eigenvalue weighted by Gasteiger charge is -2.09. The van der Waals surface area contributed by atoms with Crippen molar-refractivity contribution in [1.82, 2.24) is 9.38 Å². The van der Waals surface area contributed by atoms with Crippen LogP contribution < -0.4 is 5.32 Å². The molecule has 0 fully saturated rings. The minimum absolute atomic E-state index is 0.210. The standard InChI is InChI=1S/C16H10Cl2N4O/c17-11-3-1-4-12(18)14(11)16(23)21-13-5-2-8-22-10(6-7-19)9-20-15(13)22/h1-5,8-9H,6H2,(H,21,23). The van der Waals surface area contributed by atoms with Crippen molar-refractivity contribution in [2.75, 3.05) is 5.32 Å². The first-order valence-electron chi connectivity index (χ1n) is 6.69. The summed E-state index contributed by atoms with van der Waals surface area (Å²) >= 11 is 12.1. The molecule has 0 spiro atoms. The number of halogens is 2. The van der Waals surface area contributed by atoms with Gasteiger partial charge in [-0.15, -0.1) is 0 Å². The van der Waals surface area contributed by atoms with Gasteiger partial charge in [0.25, 0.3) is 5.91 Å². The first kappa shape index (κ1) is 15.3. The molecule has 0 aliphatic carbocycles. The fraction of sp³-hybridized carbons (Fsp3) is 0.0625. The molecular formula is C16H10Cl2N4O. The van der Waals surface area contributed by atoms with Gasteiger partial charge in [0.1, 0.15) is 0 Å². The third-order valence-electron chi connectivity index (χ3n) is 3.31. The van der Waals surface area contributed by atoms with E-state index in [1.54, 1.807) is 47.1 Å². The largest absolute Gasteiger partial charge is 0.319 e. The zero-order valence-corrected chi connectivity index (χ0v) is 13.3. The summed E-state index contributed by atoms with van der Waals surface area (Å²) in [4.78, 5) is 16.7. The van der Waals surface area contributed by atoms with Gasteiger partial charge in [-0.25, -0.2) is 4.98 Å². The predicted molar refractivity (Wildman–Crippen MR) is 88.9 cm³/mol. The number of anilines is 1. The van der Waals surface area contributed by atoms with Gasteiger partial charge in [0.2, 0.25) is 0 Å². The number of hydrogen-bond donors (Lipinski definition) is 1. The Labute approximate surface area is 142 Å². The molecule has 0 saturated heterocycles. The Morgan fingerprint density at radius 1 is 1.26 bits per heavy atom. The summed E-state index contributed by atoms with van der Waals surface area (Å²) in [6.45, 7) is 0. The Bertz CT molecular complexity index is 923. The molecule has 0 unspecified atom stereocenters. The highest BCUT2D eigenvalue weighted by Crippen LogP contribution is 2.26. The zero-order chi connectivity index (χ0) is 16.4. The van der Waals surface area contributed by atoms with E-state index in [1.165, 1.54) is 0 Å². The monoisotopic (exact) mass is 344 g/mol. The summed E-state index contributed by atoms with van der Waals surface area (Å²) < 4.78 is 1.76. The van der Waals surface area contributed by atoms with Crippen molar-refractivity contribution in [3.63, 3.8) is 0 Å². The molecule has 114 valence electrons. The third-order valence-corrected chi connectivity index (χ3v) is 3.94. The van der Waals surface area contributed by atoms with Gasteiger partial charge < -0.3 is 9.72 Å². The minimum atomic E-state index is -0.418. The number of carbonyl (C=O) groups excluding carboxylic acids is 1. The SMILES string of the molecule is N#CCc1cnc2c(NC(=O)c3c(Cl)cccc3Cl)cccn12. The normalized spacial score (nSPS) is 10.5. The zero-order valence-electron chi connectivity index (χ0n) is 11.8. The summed E-state index contributed by atoms with van der Waals surface area (Å²) in [5.74, 6) is -0.418. The van der Waals surface area contributed by atoms with Crippen molar-refractivity contribution in [3.8, 4) is 6.07 Å². The molecule has 0 radical (unpaired) electrons. The number of pyridine rings is 1. The maximum absolute atomic E-state index is 12.5. The second-order valence-corrected chi connectivity index (χ2v) is 5.57. The van der Waals surface area contributed by atoms with Gasteiger partial charge >= 0.3 is 0 Å². The lowest BCUT2D eigenvalue weighted by atomic mass is 10.2. The third kappa shape index (κ3) is 2.87.